The molecule has 1 saturated heterocycles. The van der Waals surface area contributed by atoms with Gasteiger partial charge < -0.3 is 14.2 Å². The Balaban J connectivity index is 3.11. The summed E-state index contributed by atoms with van der Waals surface area (Å²) in [7, 11) is 0. The van der Waals surface area contributed by atoms with Gasteiger partial charge in [0.25, 0.3) is 0 Å². The SMILES string of the molecule is CC(=O)OC1C(F)C(C)OC(C(F)(F)F)C1OC(C)=O. The molecule has 0 spiro atoms. The van der Waals surface area contributed by atoms with Crippen molar-refractivity contribution in [3.63, 3.8) is 0 Å². The first-order chi connectivity index (χ1) is 9.04. The summed E-state index contributed by atoms with van der Waals surface area (Å²) in [6.45, 7) is 2.85. The second kappa shape index (κ2) is 5.94. The summed E-state index contributed by atoms with van der Waals surface area (Å²) >= 11 is 0. The Morgan fingerprint density at radius 1 is 1.05 bits per heavy atom. The minimum absolute atomic E-state index is 0.865. The highest BCUT2D eigenvalue weighted by molar-refractivity contribution is 5.67. The molecule has 0 N–H and O–H groups in total. The molecule has 0 aliphatic carbocycles. The molecule has 0 aromatic rings. The van der Waals surface area contributed by atoms with Gasteiger partial charge in [-0.2, -0.15) is 13.2 Å². The van der Waals surface area contributed by atoms with E-state index in [1.54, 1.807) is 0 Å². The summed E-state index contributed by atoms with van der Waals surface area (Å²) in [5.74, 6) is -2.04. The Kier molecular flexibility index (Phi) is 4.95. The summed E-state index contributed by atoms with van der Waals surface area (Å²) in [6, 6.07) is 0. The van der Waals surface area contributed by atoms with E-state index in [4.69, 9.17) is 0 Å². The zero-order valence-electron chi connectivity index (χ0n) is 10.9. The van der Waals surface area contributed by atoms with Gasteiger partial charge in [0, 0.05) is 13.8 Å². The van der Waals surface area contributed by atoms with Gasteiger partial charge in [0.2, 0.25) is 0 Å². The predicted molar refractivity (Wildman–Crippen MR) is 56.4 cm³/mol. The summed E-state index contributed by atoms with van der Waals surface area (Å²) in [6.07, 6.45) is -14.9. The molecular weight excluding hydrogens is 288 g/mol. The van der Waals surface area contributed by atoms with Crippen LogP contribution < -0.4 is 0 Å². The van der Waals surface area contributed by atoms with E-state index in [2.05, 4.69) is 14.2 Å². The fourth-order valence-electron chi connectivity index (χ4n) is 1.91. The number of hydrogen-bond acceptors (Lipinski definition) is 5. The van der Waals surface area contributed by atoms with Crippen LogP contribution in [0.2, 0.25) is 0 Å². The number of alkyl halides is 4. The minimum Gasteiger partial charge on any atom is -0.455 e. The lowest BCUT2D eigenvalue weighted by atomic mass is 9.95. The van der Waals surface area contributed by atoms with Gasteiger partial charge in [-0.15, -0.1) is 0 Å². The summed E-state index contributed by atoms with van der Waals surface area (Å²) in [5, 5.41) is 0. The average molecular weight is 302 g/mol. The molecule has 9 heteroatoms. The van der Waals surface area contributed by atoms with Crippen molar-refractivity contribution >= 4 is 11.9 Å². The standard InChI is InChI=1S/C11H14F4O5/c1-4-7(12)8(19-5(2)16)9(20-6(3)17)10(18-4)11(13,14)15/h4,7-10H,1-3H3. The van der Waals surface area contributed by atoms with Crippen molar-refractivity contribution in [3.05, 3.63) is 0 Å². The molecule has 5 atom stereocenters. The lowest BCUT2D eigenvalue weighted by Crippen LogP contribution is -2.62. The van der Waals surface area contributed by atoms with Gasteiger partial charge in [0.1, 0.15) is 0 Å². The summed E-state index contributed by atoms with van der Waals surface area (Å²) in [5.41, 5.74) is 0. The Morgan fingerprint density at radius 3 is 1.90 bits per heavy atom. The molecular formula is C11H14F4O5. The topological polar surface area (TPSA) is 61.8 Å². The first-order valence-electron chi connectivity index (χ1n) is 5.74. The number of rotatable bonds is 2. The Labute approximate surface area is 112 Å². The minimum atomic E-state index is -4.90. The Bertz CT molecular complexity index is 383. The second-order valence-electron chi connectivity index (χ2n) is 4.40. The molecule has 1 aliphatic rings. The first kappa shape index (κ1) is 16.7. The number of ether oxygens (including phenoxy) is 3. The molecule has 0 bridgehead atoms. The fourth-order valence-corrected chi connectivity index (χ4v) is 1.91. The van der Waals surface area contributed by atoms with Crippen LogP contribution in [0.4, 0.5) is 17.6 Å². The molecule has 0 saturated carbocycles. The maximum Gasteiger partial charge on any atom is 0.418 e. The van der Waals surface area contributed by atoms with Crippen molar-refractivity contribution in [1.29, 1.82) is 0 Å². The van der Waals surface area contributed by atoms with Gasteiger partial charge in [0.05, 0.1) is 6.10 Å². The van der Waals surface area contributed by atoms with Gasteiger partial charge >= 0.3 is 18.1 Å². The molecule has 1 heterocycles. The van der Waals surface area contributed by atoms with Crippen LogP contribution in [0, 0.1) is 0 Å². The lowest BCUT2D eigenvalue weighted by Gasteiger charge is -2.41. The molecule has 20 heavy (non-hydrogen) atoms. The monoisotopic (exact) mass is 302 g/mol. The van der Waals surface area contributed by atoms with E-state index in [1.807, 2.05) is 0 Å². The van der Waals surface area contributed by atoms with Crippen molar-refractivity contribution < 1.29 is 41.4 Å². The molecule has 0 aromatic heterocycles. The normalized spacial score (nSPS) is 34.5. The number of halogens is 4. The highest BCUT2D eigenvalue weighted by Gasteiger charge is 2.58. The third kappa shape index (κ3) is 3.81. The number of carbonyl (C=O) groups is 2. The van der Waals surface area contributed by atoms with Crippen LogP contribution in [0.1, 0.15) is 20.8 Å². The quantitative estimate of drug-likeness (QED) is 0.572. The predicted octanol–water partition coefficient (Wildman–Crippen LogP) is 1.54. The second-order valence-corrected chi connectivity index (χ2v) is 4.40. The number of esters is 2. The van der Waals surface area contributed by atoms with Crippen LogP contribution in [0.5, 0.6) is 0 Å². The van der Waals surface area contributed by atoms with E-state index in [9.17, 15) is 27.2 Å². The maximum atomic E-state index is 13.9. The van der Waals surface area contributed by atoms with Crippen LogP contribution in [-0.4, -0.2) is 48.7 Å². The van der Waals surface area contributed by atoms with E-state index in [0.29, 0.717) is 0 Å². The van der Waals surface area contributed by atoms with Crippen LogP contribution in [-0.2, 0) is 23.8 Å². The van der Waals surface area contributed by atoms with Gasteiger partial charge in [-0.3, -0.25) is 9.59 Å². The zero-order valence-corrected chi connectivity index (χ0v) is 10.9. The highest BCUT2D eigenvalue weighted by atomic mass is 19.4. The Morgan fingerprint density at radius 2 is 1.50 bits per heavy atom. The molecule has 5 nitrogen and oxygen atoms in total. The van der Waals surface area contributed by atoms with E-state index in [1.165, 1.54) is 0 Å². The van der Waals surface area contributed by atoms with E-state index >= 15 is 0 Å². The number of carbonyl (C=O) groups excluding carboxylic acids is 2. The van der Waals surface area contributed by atoms with Crippen molar-refractivity contribution in [2.45, 2.75) is 57.5 Å². The molecule has 116 valence electrons. The van der Waals surface area contributed by atoms with Crippen molar-refractivity contribution in [3.8, 4) is 0 Å². The smallest absolute Gasteiger partial charge is 0.418 e. The van der Waals surface area contributed by atoms with Crippen LogP contribution in [0.25, 0.3) is 0 Å². The number of hydrogen-bond donors (Lipinski definition) is 0. The van der Waals surface area contributed by atoms with E-state index in [-0.39, 0.29) is 0 Å². The summed E-state index contributed by atoms with van der Waals surface area (Å²) in [4.78, 5) is 21.8. The molecule has 0 aromatic carbocycles. The molecule has 1 fully saturated rings. The van der Waals surface area contributed by atoms with Gasteiger partial charge in [-0.25, -0.2) is 4.39 Å². The van der Waals surface area contributed by atoms with Crippen molar-refractivity contribution in [2.75, 3.05) is 0 Å². The fraction of sp³-hybridized carbons (Fsp3) is 0.818. The maximum absolute atomic E-state index is 13.9. The van der Waals surface area contributed by atoms with Gasteiger partial charge in [-0.05, 0) is 6.92 Å². The third-order valence-electron chi connectivity index (χ3n) is 2.67. The highest BCUT2D eigenvalue weighted by Crippen LogP contribution is 2.36. The molecule has 1 rings (SSSR count). The molecule has 0 amide bonds. The zero-order chi connectivity index (χ0) is 15.7. The van der Waals surface area contributed by atoms with Crippen molar-refractivity contribution in [1.82, 2.24) is 0 Å². The average Bonchev–Trinajstić information content (AvgIpc) is 2.25. The van der Waals surface area contributed by atoms with Crippen LogP contribution in [0.3, 0.4) is 0 Å². The van der Waals surface area contributed by atoms with E-state index in [0.717, 1.165) is 20.8 Å². The molecule has 5 unspecified atom stereocenters. The van der Waals surface area contributed by atoms with Gasteiger partial charge in [0.15, 0.2) is 24.5 Å². The van der Waals surface area contributed by atoms with Crippen LogP contribution in [0.15, 0.2) is 0 Å². The lowest BCUT2D eigenvalue weighted by molar-refractivity contribution is -0.304. The van der Waals surface area contributed by atoms with Gasteiger partial charge in [-0.1, -0.05) is 0 Å². The third-order valence-corrected chi connectivity index (χ3v) is 2.67. The van der Waals surface area contributed by atoms with Crippen LogP contribution >= 0.6 is 0 Å². The largest absolute Gasteiger partial charge is 0.455 e. The first-order valence-corrected chi connectivity index (χ1v) is 5.74. The molecule has 0 radical (unpaired) electrons. The Hall–Kier alpha value is -1.38. The molecule has 1 aliphatic heterocycles. The van der Waals surface area contributed by atoms with E-state index < -0.39 is 48.7 Å². The van der Waals surface area contributed by atoms with Crippen molar-refractivity contribution in [2.24, 2.45) is 0 Å². The summed E-state index contributed by atoms with van der Waals surface area (Å²) < 4.78 is 66.0.